The van der Waals surface area contributed by atoms with Crippen LogP contribution in [0.2, 0.25) is 0 Å². The van der Waals surface area contributed by atoms with Gasteiger partial charge in [-0.1, -0.05) is 13.8 Å². The van der Waals surface area contributed by atoms with Crippen LogP contribution in [-0.4, -0.2) is 0 Å². The lowest BCUT2D eigenvalue weighted by Gasteiger charge is -2.88. The highest BCUT2D eigenvalue weighted by Gasteiger charge is 2.92. The molecule has 0 spiro atoms. The summed E-state index contributed by atoms with van der Waals surface area (Å²) in [5, 5.41) is 0. The molecule has 0 aromatic rings. The van der Waals surface area contributed by atoms with Gasteiger partial charge in [0.25, 0.3) is 0 Å². The van der Waals surface area contributed by atoms with E-state index in [1.807, 2.05) is 0 Å². The highest BCUT2D eigenvalue weighted by Crippen LogP contribution is 2.96. The van der Waals surface area contributed by atoms with Crippen molar-refractivity contribution >= 4 is 0 Å². The Morgan fingerprint density at radius 3 is 2.33 bits per heavy atom. The molecule has 7 aliphatic rings. The van der Waals surface area contributed by atoms with Crippen molar-refractivity contribution in [2.24, 2.45) is 76.4 Å². The first-order valence-corrected chi connectivity index (χ1v) is 8.76. The highest BCUT2D eigenvalue weighted by molar-refractivity contribution is 5.38. The van der Waals surface area contributed by atoms with Gasteiger partial charge in [-0.05, 0) is 95.7 Å². The van der Waals surface area contributed by atoms with E-state index >= 15 is 0 Å². The van der Waals surface area contributed by atoms with Crippen molar-refractivity contribution in [1.82, 2.24) is 0 Å². The van der Waals surface area contributed by atoms with Crippen LogP contribution >= 0.6 is 0 Å². The summed E-state index contributed by atoms with van der Waals surface area (Å²) in [6.07, 6.45) is 4.97. The van der Waals surface area contributed by atoms with Gasteiger partial charge in [0.1, 0.15) is 0 Å². The fraction of sp³-hybridized carbons (Fsp3) is 1.00. The average molecular weight is 240 g/mol. The molecule has 0 aromatic heterocycles. The zero-order valence-corrected chi connectivity index (χ0v) is 11.5. The Morgan fingerprint density at radius 2 is 1.50 bits per heavy atom. The molecule has 96 valence electrons. The minimum Gasteiger partial charge on any atom is -0.0622 e. The summed E-state index contributed by atoms with van der Waals surface area (Å²) in [5.41, 5.74) is 0.903. The largest absolute Gasteiger partial charge is 0.0622 e. The maximum Gasteiger partial charge on any atom is -0.0173 e. The summed E-state index contributed by atoms with van der Waals surface area (Å²) < 4.78 is 0. The molecule has 0 heterocycles. The Bertz CT molecular complexity index is 484. The van der Waals surface area contributed by atoms with Crippen LogP contribution in [0.1, 0.15) is 33.1 Å². The second kappa shape index (κ2) is 2.15. The first-order valence-electron chi connectivity index (χ1n) is 8.76. The summed E-state index contributed by atoms with van der Waals surface area (Å²) >= 11 is 0. The first kappa shape index (κ1) is 9.03. The predicted molar refractivity (Wildman–Crippen MR) is 69.5 cm³/mol. The van der Waals surface area contributed by atoms with Crippen molar-refractivity contribution in [2.75, 3.05) is 0 Å². The summed E-state index contributed by atoms with van der Waals surface area (Å²) in [4.78, 5) is 0. The van der Waals surface area contributed by atoms with Gasteiger partial charge in [-0.25, -0.2) is 0 Å². The Morgan fingerprint density at radius 1 is 0.722 bits per heavy atom. The molecule has 0 bridgehead atoms. The van der Waals surface area contributed by atoms with E-state index < -0.39 is 0 Å². The molecule has 0 saturated heterocycles. The topological polar surface area (TPSA) is 0 Å². The van der Waals surface area contributed by atoms with Gasteiger partial charge in [0.05, 0.1) is 0 Å². The number of hydrogen-bond donors (Lipinski definition) is 0. The highest BCUT2D eigenvalue weighted by atomic mass is 15.0. The molecule has 12 atom stereocenters. The zero-order chi connectivity index (χ0) is 11.5. The number of hydrogen-bond acceptors (Lipinski definition) is 0. The van der Waals surface area contributed by atoms with Crippen LogP contribution in [0, 0.1) is 76.4 Å². The van der Waals surface area contributed by atoms with Crippen LogP contribution in [0.25, 0.3) is 0 Å². The third-order valence-electron chi connectivity index (χ3n) is 9.68. The van der Waals surface area contributed by atoms with E-state index in [9.17, 15) is 0 Å². The van der Waals surface area contributed by atoms with Crippen LogP contribution in [0.4, 0.5) is 0 Å². The van der Waals surface area contributed by atoms with E-state index in [0.717, 1.165) is 11.3 Å². The molecule has 0 aromatic carbocycles. The van der Waals surface area contributed by atoms with Gasteiger partial charge in [-0.3, -0.25) is 0 Å². The zero-order valence-electron chi connectivity index (χ0n) is 11.5. The smallest absolute Gasteiger partial charge is 0.0173 e. The van der Waals surface area contributed by atoms with E-state index in [0.29, 0.717) is 0 Å². The molecule has 0 heteroatoms. The molecule has 7 rings (SSSR count). The Labute approximate surface area is 110 Å². The second-order valence-electron chi connectivity index (χ2n) is 9.59. The molecular weight excluding hydrogens is 216 g/mol. The first-order chi connectivity index (χ1) is 8.76. The summed E-state index contributed by atoms with van der Waals surface area (Å²) in [7, 11) is 0. The van der Waals surface area contributed by atoms with E-state index in [1.165, 1.54) is 65.1 Å². The molecule has 18 heavy (non-hydrogen) atoms. The maximum absolute atomic E-state index is 2.59. The van der Waals surface area contributed by atoms with Crippen LogP contribution in [0.15, 0.2) is 0 Å². The van der Waals surface area contributed by atoms with E-state index in [2.05, 4.69) is 13.8 Å². The van der Waals surface area contributed by atoms with E-state index in [-0.39, 0.29) is 0 Å². The van der Waals surface area contributed by atoms with Gasteiger partial charge in [-0.15, -0.1) is 0 Å². The Hall–Kier alpha value is 0. The van der Waals surface area contributed by atoms with E-state index in [4.69, 9.17) is 0 Å². The SMILES string of the molecule is CC(C)C12C3C4CC4CC3C1C1C3C4CC4C3C12. The van der Waals surface area contributed by atoms with Gasteiger partial charge in [0.2, 0.25) is 0 Å². The van der Waals surface area contributed by atoms with Crippen LogP contribution < -0.4 is 0 Å². The van der Waals surface area contributed by atoms with Crippen molar-refractivity contribution < 1.29 is 0 Å². The van der Waals surface area contributed by atoms with Crippen molar-refractivity contribution in [3.05, 3.63) is 0 Å². The molecule has 0 N–H and O–H groups in total. The minimum atomic E-state index is 0.903. The van der Waals surface area contributed by atoms with Gasteiger partial charge >= 0.3 is 0 Å². The van der Waals surface area contributed by atoms with Crippen LogP contribution in [-0.2, 0) is 0 Å². The molecule has 0 radical (unpaired) electrons. The molecule has 0 amide bonds. The monoisotopic (exact) mass is 240 g/mol. The number of fused-ring (bicyclic) bond motifs is 15. The molecule has 0 nitrogen and oxygen atoms in total. The average Bonchev–Trinajstić information content (AvgIpc) is 3.16. The summed E-state index contributed by atoms with van der Waals surface area (Å²) in [6.45, 7) is 5.18. The fourth-order valence-electron chi connectivity index (χ4n) is 9.55. The molecular formula is C18H24. The van der Waals surface area contributed by atoms with Crippen molar-refractivity contribution in [3.63, 3.8) is 0 Å². The van der Waals surface area contributed by atoms with Crippen molar-refractivity contribution in [3.8, 4) is 0 Å². The second-order valence-corrected chi connectivity index (χ2v) is 9.59. The van der Waals surface area contributed by atoms with Crippen LogP contribution in [0.5, 0.6) is 0 Å². The third kappa shape index (κ3) is 0.562. The number of rotatable bonds is 1. The maximum atomic E-state index is 2.59. The van der Waals surface area contributed by atoms with E-state index in [1.54, 1.807) is 19.3 Å². The predicted octanol–water partition coefficient (Wildman–Crippen LogP) is 3.67. The van der Waals surface area contributed by atoms with Crippen molar-refractivity contribution in [1.29, 1.82) is 0 Å². The lowest BCUT2D eigenvalue weighted by molar-refractivity contribution is -0.414. The molecule has 12 unspecified atom stereocenters. The van der Waals surface area contributed by atoms with Gasteiger partial charge < -0.3 is 0 Å². The lowest BCUT2D eigenvalue weighted by Crippen LogP contribution is -2.85. The standard InChI is InChI=1S/C18H24/c1-6(2)18-15-8-3-7(8)4-11(15)16(18)14-12-9-5-10(9)13(12)17(14)18/h6-17H,3-5H2,1-2H3. The van der Waals surface area contributed by atoms with Gasteiger partial charge in [-0.2, -0.15) is 0 Å². The summed E-state index contributed by atoms with van der Waals surface area (Å²) in [5.74, 6) is 14.7. The lowest BCUT2D eigenvalue weighted by atomic mass is 9.16. The Kier molecular flexibility index (Phi) is 1.08. The van der Waals surface area contributed by atoms with Crippen molar-refractivity contribution in [2.45, 2.75) is 33.1 Å². The summed E-state index contributed by atoms with van der Waals surface area (Å²) in [6, 6.07) is 0. The molecule has 0 aliphatic heterocycles. The molecule has 7 aliphatic carbocycles. The van der Waals surface area contributed by atoms with Gasteiger partial charge in [0, 0.05) is 0 Å². The normalized spacial score (nSPS) is 82.5. The Balaban J connectivity index is 1.37. The fourth-order valence-corrected chi connectivity index (χ4v) is 9.55. The minimum absolute atomic E-state index is 0.903. The quantitative estimate of drug-likeness (QED) is 0.613. The molecule has 7 saturated carbocycles. The van der Waals surface area contributed by atoms with Crippen LogP contribution in [0.3, 0.4) is 0 Å². The van der Waals surface area contributed by atoms with Gasteiger partial charge in [0.15, 0.2) is 0 Å². The molecule has 7 fully saturated rings. The third-order valence-corrected chi connectivity index (χ3v) is 9.68.